The standard InChI is InChI=1S/C29H42O4/c1-4-6-8-10-15-23-32-29(21-19-26(20-22-29)25-16-12-11-13-17-25)28(31)33-24(3)27(30)18-14-9-7-5-2/h11-13,16-17,19-21,24H,4-10,14-15,18,22-23H2,1-3H3. The lowest BCUT2D eigenvalue weighted by Gasteiger charge is -2.31. The minimum absolute atomic E-state index is 0.0190. The number of ether oxygens (including phenoxy) is 2. The average molecular weight is 455 g/mol. The van der Waals surface area contributed by atoms with E-state index < -0.39 is 17.7 Å². The third-order valence-corrected chi connectivity index (χ3v) is 6.23. The molecule has 2 atom stereocenters. The van der Waals surface area contributed by atoms with Gasteiger partial charge in [0.25, 0.3) is 0 Å². The summed E-state index contributed by atoms with van der Waals surface area (Å²) in [7, 11) is 0. The molecule has 1 aromatic rings. The van der Waals surface area contributed by atoms with Gasteiger partial charge in [0, 0.05) is 19.4 Å². The van der Waals surface area contributed by atoms with E-state index >= 15 is 0 Å². The molecule has 0 bridgehead atoms. The van der Waals surface area contributed by atoms with E-state index in [1.807, 2.05) is 36.4 Å². The second kappa shape index (κ2) is 14.8. The van der Waals surface area contributed by atoms with Crippen LogP contribution in [0.4, 0.5) is 0 Å². The van der Waals surface area contributed by atoms with E-state index in [0.717, 1.165) is 49.7 Å². The smallest absolute Gasteiger partial charge is 0.343 e. The lowest BCUT2D eigenvalue weighted by Crippen LogP contribution is -2.44. The molecule has 0 amide bonds. The van der Waals surface area contributed by atoms with Crippen molar-refractivity contribution in [3.05, 3.63) is 54.1 Å². The first-order valence-corrected chi connectivity index (χ1v) is 12.8. The fourth-order valence-electron chi connectivity index (χ4n) is 4.00. The Labute approximate surface area is 200 Å². The third-order valence-electron chi connectivity index (χ3n) is 6.23. The van der Waals surface area contributed by atoms with Crippen LogP contribution in [-0.4, -0.2) is 30.1 Å². The van der Waals surface area contributed by atoms with Gasteiger partial charge in [-0.05, 0) is 37.0 Å². The second-order valence-corrected chi connectivity index (χ2v) is 9.04. The molecule has 1 aromatic carbocycles. The van der Waals surface area contributed by atoms with Crippen LogP contribution in [0, 0.1) is 0 Å². The zero-order valence-corrected chi connectivity index (χ0v) is 20.8. The van der Waals surface area contributed by atoms with Gasteiger partial charge in [0.2, 0.25) is 0 Å². The number of Topliss-reactive ketones (excluding diaryl/α,β-unsaturated/α-hetero) is 1. The molecule has 33 heavy (non-hydrogen) atoms. The van der Waals surface area contributed by atoms with Gasteiger partial charge in [-0.25, -0.2) is 4.79 Å². The lowest BCUT2D eigenvalue weighted by atomic mass is 9.89. The quantitative estimate of drug-likeness (QED) is 0.195. The van der Waals surface area contributed by atoms with Gasteiger partial charge in [0.1, 0.15) is 0 Å². The molecule has 4 heteroatoms. The monoisotopic (exact) mass is 454 g/mol. The van der Waals surface area contributed by atoms with Gasteiger partial charge in [0.15, 0.2) is 17.5 Å². The van der Waals surface area contributed by atoms with Crippen molar-refractivity contribution in [1.82, 2.24) is 0 Å². The molecule has 0 aliphatic heterocycles. The highest BCUT2D eigenvalue weighted by molar-refractivity contribution is 5.90. The van der Waals surface area contributed by atoms with E-state index in [4.69, 9.17) is 9.47 Å². The topological polar surface area (TPSA) is 52.6 Å². The van der Waals surface area contributed by atoms with Crippen LogP contribution >= 0.6 is 0 Å². The van der Waals surface area contributed by atoms with Gasteiger partial charge in [-0.3, -0.25) is 4.79 Å². The maximum absolute atomic E-state index is 13.2. The molecule has 0 N–H and O–H groups in total. The highest BCUT2D eigenvalue weighted by Gasteiger charge is 2.41. The van der Waals surface area contributed by atoms with Crippen LogP contribution in [0.3, 0.4) is 0 Å². The number of carbonyl (C=O) groups is 2. The predicted octanol–water partition coefficient (Wildman–Crippen LogP) is 7.23. The minimum atomic E-state index is -1.17. The molecule has 0 saturated heterocycles. The van der Waals surface area contributed by atoms with E-state index in [1.165, 1.54) is 19.3 Å². The Morgan fingerprint density at radius 2 is 1.61 bits per heavy atom. The number of allylic oxidation sites excluding steroid dienone is 2. The molecular weight excluding hydrogens is 412 g/mol. The number of esters is 1. The first-order valence-electron chi connectivity index (χ1n) is 12.8. The Kier molecular flexibility index (Phi) is 12.2. The van der Waals surface area contributed by atoms with Crippen LogP contribution in [0.25, 0.3) is 5.57 Å². The summed E-state index contributed by atoms with van der Waals surface area (Å²) in [5.74, 6) is -0.487. The number of carbonyl (C=O) groups excluding carboxylic acids is 2. The Morgan fingerprint density at radius 1 is 0.939 bits per heavy atom. The number of hydrogen-bond donors (Lipinski definition) is 0. The van der Waals surface area contributed by atoms with Gasteiger partial charge >= 0.3 is 5.97 Å². The number of benzene rings is 1. The van der Waals surface area contributed by atoms with Gasteiger partial charge < -0.3 is 9.47 Å². The Hall–Kier alpha value is -2.20. The minimum Gasteiger partial charge on any atom is -0.452 e. The van der Waals surface area contributed by atoms with Crippen molar-refractivity contribution in [2.24, 2.45) is 0 Å². The van der Waals surface area contributed by atoms with Gasteiger partial charge in [-0.15, -0.1) is 0 Å². The van der Waals surface area contributed by atoms with E-state index in [1.54, 1.807) is 6.92 Å². The summed E-state index contributed by atoms with van der Waals surface area (Å²) in [6, 6.07) is 10.1. The van der Waals surface area contributed by atoms with Crippen LogP contribution in [0.5, 0.6) is 0 Å². The van der Waals surface area contributed by atoms with Crippen LogP contribution < -0.4 is 0 Å². The second-order valence-electron chi connectivity index (χ2n) is 9.04. The van der Waals surface area contributed by atoms with Crippen LogP contribution in [-0.2, 0) is 19.1 Å². The molecular formula is C29H42O4. The molecule has 0 spiro atoms. The maximum atomic E-state index is 13.2. The van der Waals surface area contributed by atoms with Gasteiger partial charge in [-0.2, -0.15) is 0 Å². The number of unbranched alkanes of at least 4 members (excludes halogenated alkanes) is 7. The van der Waals surface area contributed by atoms with Crippen molar-refractivity contribution in [2.45, 2.75) is 103 Å². The fourth-order valence-corrected chi connectivity index (χ4v) is 4.00. The van der Waals surface area contributed by atoms with E-state index in [0.29, 0.717) is 19.4 Å². The van der Waals surface area contributed by atoms with Crippen molar-refractivity contribution < 1.29 is 19.1 Å². The molecule has 182 valence electrons. The summed E-state index contributed by atoms with van der Waals surface area (Å²) in [5.41, 5.74) is 0.997. The molecule has 0 radical (unpaired) electrons. The highest BCUT2D eigenvalue weighted by Crippen LogP contribution is 2.31. The van der Waals surface area contributed by atoms with Crippen molar-refractivity contribution in [2.75, 3.05) is 6.61 Å². The Bertz CT molecular complexity index is 780. The van der Waals surface area contributed by atoms with Crippen molar-refractivity contribution in [1.29, 1.82) is 0 Å². The largest absolute Gasteiger partial charge is 0.452 e. The summed E-state index contributed by atoms with van der Waals surface area (Å²) in [4.78, 5) is 25.7. The maximum Gasteiger partial charge on any atom is 0.343 e. The summed E-state index contributed by atoms with van der Waals surface area (Å²) < 4.78 is 11.8. The molecule has 2 unspecified atom stereocenters. The summed E-state index contributed by atoms with van der Waals surface area (Å²) >= 11 is 0. The van der Waals surface area contributed by atoms with E-state index in [2.05, 4.69) is 26.0 Å². The molecule has 0 fully saturated rings. The number of rotatable bonds is 16. The predicted molar refractivity (Wildman–Crippen MR) is 135 cm³/mol. The molecule has 1 aliphatic rings. The van der Waals surface area contributed by atoms with Crippen LogP contribution in [0.15, 0.2) is 48.6 Å². The zero-order valence-electron chi connectivity index (χ0n) is 20.8. The molecule has 0 aromatic heterocycles. The van der Waals surface area contributed by atoms with E-state index in [-0.39, 0.29) is 5.78 Å². The molecule has 2 rings (SSSR count). The Morgan fingerprint density at radius 3 is 2.24 bits per heavy atom. The average Bonchev–Trinajstić information content (AvgIpc) is 2.84. The molecule has 0 saturated carbocycles. The van der Waals surface area contributed by atoms with Gasteiger partial charge in [-0.1, -0.05) is 101 Å². The van der Waals surface area contributed by atoms with Crippen molar-refractivity contribution >= 4 is 17.3 Å². The summed E-state index contributed by atoms with van der Waals surface area (Å²) in [6.45, 7) is 6.51. The SMILES string of the molecule is CCCCCCCOC1(C(=O)OC(C)C(=O)CCCCCC)C=CC(c2ccccc2)=CC1. The number of ketones is 1. The normalized spacial score (nSPS) is 18.6. The van der Waals surface area contributed by atoms with E-state index in [9.17, 15) is 9.59 Å². The number of hydrogen-bond acceptors (Lipinski definition) is 4. The van der Waals surface area contributed by atoms with Crippen LogP contribution in [0.1, 0.15) is 97.0 Å². The first-order chi connectivity index (χ1) is 16.0. The van der Waals surface area contributed by atoms with Gasteiger partial charge in [0.05, 0.1) is 0 Å². The Balaban J connectivity index is 2.01. The summed E-state index contributed by atoms with van der Waals surface area (Å²) in [6.07, 6.45) is 15.6. The fraction of sp³-hybridized carbons (Fsp3) is 0.586. The van der Waals surface area contributed by atoms with Crippen molar-refractivity contribution in [3.8, 4) is 0 Å². The first kappa shape index (κ1) is 27.0. The molecule has 1 aliphatic carbocycles. The molecule has 4 nitrogen and oxygen atoms in total. The highest BCUT2D eigenvalue weighted by atomic mass is 16.6. The zero-order chi connectivity index (χ0) is 23.9. The van der Waals surface area contributed by atoms with Crippen molar-refractivity contribution in [3.63, 3.8) is 0 Å². The lowest BCUT2D eigenvalue weighted by molar-refractivity contribution is -0.173. The molecule has 0 heterocycles. The van der Waals surface area contributed by atoms with Crippen LogP contribution in [0.2, 0.25) is 0 Å². The third kappa shape index (κ3) is 8.92. The summed E-state index contributed by atoms with van der Waals surface area (Å²) in [5, 5.41) is 0.